The van der Waals surface area contributed by atoms with Crippen LogP contribution < -0.4 is 10.1 Å². The second-order valence-corrected chi connectivity index (χ2v) is 11.8. The largest absolute Gasteiger partial charge is 0.453 e. The zero-order valence-electron chi connectivity index (χ0n) is 24.1. The van der Waals surface area contributed by atoms with Gasteiger partial charge in [-0.05, 0) is 63.9 Å². The highest BCUT2D eigenvalue weighted by molar-refractivity contribution is 7.73. The summed E-state index contributed by atoms with van der Waals surface area (Å²) in [6.07, 6.45) is 4.84. The second kappa shape index (κ2) is 12.9. The summed E-state index contributed by atoms with van der Waals surface area (Å²) in [5.41, 5.74) is 3.26. The molecule has 2 N–H and O–H groups in total. The summed E-state index contributed by atoms with van der Waals surface area (Å²) in [6.45, 7) is 9.79. The number of amides is 1. The van der Waals surface area contributed by atoms with Crippen LogP contribution in [-0.4, -0.2) is 20.7 Å². The maximum atomic E-state index is 15.1. The number of anilines is 1. The van der Waals surface area contributed by atoms with Gasteiger partial charge in [-0.25, -0.2) is 4.39 Å². The van der Waals surface area contributed by atoms with Gasteiger partial charge in [-0.3, -0.25) is 14.5 Å². The van der Waals surface area contributed by atoms with Gasteiger partial charge in [0.15, 0.2) is 11.6 Å². The van der Waals surface area contributed by atoms with Crippen molar-refractivity contribution in [3.05, 3.63) is 108 Å². The molecular weight excluding hydrogens is 553 g/mol. The number of pyridine rings is 1. The monoisotopic (exact) mass is 590 g/mol. The number of aryl methyl sites for hydroxylation is 2. The van der Waals surface area contributed by atoms with E-state index in [2.05, 4.69) is 34.5 Å². The van der Waals surface area contributed by atoms with Crippen LogP contribution in [0.5, 0.6) is 11.5 Å². The van der Waals surface area contributed by atoms with E-state index in [0.717, 1.165) is 0 Å². The molecule has 5 aromatic rings. The van der Waals surface area contributed by atoms with Crippen molar-refractivity contribution in [3.8, 4) is 11.5 Å². The number of halogens is 1. The number of nitrogens with one attached hydrogen (secondary N) is 2. The SMILES string of the molecule is Cc1cc(CC(=O)Nc2cnn(C(C)(C)C)c2)cc(F)c1Oc1ccnc2ccc([S-](=N)=O)cc12.Cc1ccccc1.[HH].[HH]. The lowest BCUT2D eigenvalue weighted by molar-refractivity contribution is -0.115. The van der Waals surface area contributed by atoms with Crippen molar-refractivity contribution in [2.24, 2.45) is 0 Å². The molecule has 5 rings (SSSR count). The van der Waals surface area contributed by atoms with Crippen LogP contribution in [0.3, 0.4) is 0 Å². The van der Waals surface area contributed by atoms with Gasteiger partial charge in [-0.2, -0.15) is 15.7 Å². The van der Waals surface area contributed by atoms with E-state index in [1.807, 2.05) is 39.0 Å². The van der Waals surface area contributed by atoms with E-state index in [4.69, 9.17) is 9.52 Å². The fourth-order valence-electron chi connectivity index (χ4n) is 4.13. The van der Waals surface area contributed by atoms with Crippen LogP contribution in [0.4, 0.5) is 10.1 Å². The molecule has 1 amide bonds. The highest BCUT2D eigenvalue weighted by Gasteiger charge is 2.17. The lowest BCUT2D eigenvalue weighted by Gasteiger charge is -2.18. The average Bonchev–Trinajstić information content (AvgIpc) is 3.40. The maximum absolute atomic E-state index is 15.1. The topological polar surface area (TPSA) is 110 Å². The first-order valence-electron chi connectivity index (χ1n) is 13.3. The Hall–Kier alpha value is -4.57. The number of carbonyl (C=O) groups is 1. The van der Waals surface area contributed by atoms with Crippen molar-refractivity contribution >= 4 is 33.1 Å². The minimum atomic E-state index is -1.93. The standard InChI is InChI=1S/C25H25FN5O3S.C7H8.2H2/c1-15-9-16(11-23(32)30-17-13-29-31(14-17)25(2,3)4)10-20(26)24(15)34-22-7-8-28-21-6-5-18(35(27)33)12-19(21)22;1-7-5-3-2-4-6-7;;/h5-10,12-14,27H,11H2,1-4H3,(H,30,32);2-6H,1H3;2*1H/q-1;;;. The number of ether oxygens (including phenoxy) is 1. The summed E-state index contributed by atoms with van der Waals surface area (Å²) < 4.78 is 41.7. The molecule has 10 heteroatoms. The number of hydrogen-bond acceptors (Lipinski definition) is 7. The molecule has 0 atom stereocenters. The van der Waals surface area contributed by atoms with Crippen LogP contribution in [0.2, 0.25) is 0 Å². The number of rotatable bonds is 6. The second-order valence-electron chi connectivity index (χ2n) is 10.8. The van der Waals surface area contributed by atoms with Crippen molar-refractivity contribution in [2.75, 3.05) is 5.32 Å². The number of nitrogens with zero attached hydrogens (tertiary/aromatic N) is 3. The maximum Gasteiger partial charge on any atom is 0.228 e. The van der Waals surface area contributed by atoms with Crippen molar-refractivity contribution in [1.82, 2.24) is 14.8 Å². The van der Waals surface area contributed by atoms with Gasteiger partial charge in [0.05, 0.1) is 29.4 Å². The normalized spacial score (nSPS) is 11.2. The fraction of sp³-hybridized carbons (Fsp3) is 0.219. The minimum Gasteiger partial charge on any atom is -0.453 e. The molecule has 2 heterocycles. The van der Waals surface area contributed by atoms with Crippen molar-refractivity contribution in [2.45, 2.75) is 51.5 Å². The third-order valence-corrected chi connectivity index (χ3v) is 6.93. The van der Waals surface area contributed by atoms with Crippen LogP contribution in [0, 0.1) is 24.4 Å². The molecule has 0 saturated carbocycles. The van der Waals surface area contributed by atoms with Gasteiger partial charge in [-0.15, -0.1) is 0 Å². The highest BCUT2D eigenvalue weighted by Crippen LogP contribution is 2.34. The molecule has 0 aliphatic heterocycles. The quantitative estimate of drug-likeness (QED) is 0.194. The molecule has 0 radical (unpaired) electrons. The number of fused-ring (bicyclic) bond motifs is 1. The Kier molecular flexibility index (Phi) is 9.37. The van der Waals surface area contributed by atoms with Crippen molar-refractivity contribution in [3.63, 3.8) is 0 Å². The Morgan fingerprint density at radius 1 is 1.10 bits per heavy atom. The van der Waals surface area contributed by atoms with Gasteiger partial charge in [0.2, 0.25) is 5.91 Å². The Labute approximate surface area is 249 Å². The summed E-state index contributed by atoms with van der Waals surface area (Å²) in [7, 11) is -1.93. The molecule has 0 unspecified atom stereocenters. The summed E-state index contributed by atoms with van der Waals surface area (Å²) >= 11 is 0. The van der Waals surface area contributed by atoms with Gasteiger partial charge in [0, 0.05) is 20.6 Å². The number of benzene rings is 3. The lowest BCUT2D eigenvalue weighted by atomic mass is 10.1. The van der Waals surface area contributed by atoms with Crippen LogP contribution in [0.25, 0.3) is 10.9 Å². The first kappa shape index (κ1) is 30.4. The minimum absolute atomic E-state index is 0. The first-order valence-corrected chi connectivity index (χ1v) is 14.4. The lowest BCUT2D eigenvalue weighted by Crippen LogP contribution is -2.22. The molecule has 222 valence electrons. The number of carbonyl (C=O) groups excluding carboxylic acids is 1. The predicted octanol–water partition coefficient (Wildman–Crippen LogP) is 8.18. The van der Waals surface area contributed by atoms with Gasteiger partial charge in [0.25, 0.3) is 0 Å². The molecule has 0 bridgehead atoms. The zero-order valence-corrected chi connectivity index (χ0v) is 25.0. The van der Waals surface area contributed by atoms with Crippen LogP contribution in [0.1, 0.15) is 40.3 Å². The Morgan fingerprint density at radius 2 is 1.83 bits per heavy atom. The van der Waals surface area contributed by atoms with Gasteiger partial charge in [0.1, 0.15) is 5.75 Å². The Morgan fingerprint density at radius 3 is 2.43 bits per heavy atom. The van der Waals surface area contributed by atoms with E-state index in [1.165, 1.54) is 17.8 Å². The van der Waals surface area contributed by atoms with E-state index in [9.17, 15) is 9.00 Å². The molecular formula is C32H37FN5O3S-. The summed E-state index contributed by atoms with van der Waals surface area (Å²) in [4.78, 5) is 17.1. The van der Waals surface area contributed by atoms with E-state index in [1.54, 1.807) is 54.3 Å². The third-order valence-electron chi connectivity index (χ3n) is 6.25. The van der Waals surface area contributed by atoms with E-state index < -0.39 is 16.4 Å². The molecule has 8 nitrogen and oxygen atoms in total. The predicted molar refractivity (Wildman–Crippen MR) is 167 cm³/mol. The summed E-state index contributed by atoms with van der Waals surface area (Å²) in [5.74, 6) is -0.559. The van der Waals surface area contributed by atoms with Crippen LogP contribution in [0.15, 0.2) is 90.2 Å². The molecule has 0 aliphatic rings. The van der Waals surface area contributed by atoms with Crippen molar-refractivity contribution < 1.29 is 21.0 Å². The fourth-order valence-corrected chi connectivity index (χ4v) is 4.54. The number of hydrogen-bond donors (Lipinski definition) is 2. The molecule has 42 heavy (non-hydrogen) atoms. The molecule has 0 saturated heterocycles. The third kappa shape index (κ3) is 7.79. The molecule has 0 aliphatic carbocycles. The Balaban J connectivity index is 0.000000662. The zero-order chi connectivity index (χ0) is 30.4. The molecule has 2 aromatic heterocycles. The Bertz CT molecular complexity index is 1770. The van der Waals surface area contributed by atoms with E-state index in [0.29, 0.717) is 38.4 Å². The van der Waals surface area contributed by atoms with E-state index in [-0.39, 0.29) is 26.5 Å². The highest BCUT2D eigenvalue weighted by atomic mass is 32.2. The summed E-state index contributed by atoms with van der Waals surface area (Å²) in [6, 6.07) is 19.6. The smallest absolute Gasteiger partial charge is 0.228 e. The molecule has 3 aromatic carbocycles. The van der Waals surface area contributed by atoms with Gasteiger partial charge in [-0.1, -0.05) is 59.0 Å². The van der Waals surface area contributed by atoms with Gasteiger partial charge < -0.3 is 19.0 Å². The first-order chi connectivity index (χ1) is 19.9. The summed E-state index contributed by atoms with van der Waals surface area (Å²) in [5, 5.41) is 7.56. The molecule has 0 spiro atoms. The number of aromatic nitrogens is 3. The average molecular weight is 591 g/mol. The molecule has 0 fully saturated rings. The van der Waals surface area contributed by atoms with Crippen molar-refractivity contribution in [1.29, 1.82) is 4.78 Å². The van der Waals surface area contributed by atoms with Gasteiger partial charge >= 0.3 is 0 Å². The van der Waals surface area contributed by atoms with E-state index >= 15 is 4.39 Å². The van der Waals surface area contributed by atoms with Crippen LogP contribution >= 0.6 is 0 Å². The van der Waals surface area contributed by atoms with Crippen LogP contribution in [-0.2, 0) is 31.6 Å².